The summed E-state index contributed by atoms with van der Waals surface area (Å²) < 4.78 is 31.4. The Labute approximate surface area is 125 Å². The summed E-state index contributed by atoms with van der Waals surface area (Å²) in [7, 11) is -3.48. The van der Waals surface area contributed by atoms with Crippen LogP contribution in [0.25, 0.3) is 0 Å². The lowest BCUT2D eigenvalue weighted by Gasteiger charge is -2.19. The number of hydrogen-bond donors (Lipinski definition) is 1. The molecule has 6 nitrogen and oxygen atoms in total. The molecule has 1 N–H and O–H groups in total. The van der Waals surface area contributed by atoms with Gasteiger partial charge in [-0.3, -0.25) is 4.79 Å². The van der Waals surface area contributed by atoms with Gasteiger partial charge in [-0.05, 0) is 30.7 Å². The van der Waals surface area contributed by atoms with Crippen molar-refractivity contribution in [3.05, 3.63) is 24.3 Å². The number of benzene rings is 1. The van der Waals surface area contributed by atoms with Crippen LogP contribution in [0.5, 0.6) is 5.75 Å². The molecule has 0 aliphatic heterocycles. The predicted molar refractivity (Wildman–Crippen MR) is 78.9 cm³/mol. The molecule has 0 bridgehead atoms. The van der Waals surface area contributed by atoms with Crippen LogP contribution in [-0.2, 0) is 14.8 Å². The van der Waals surface area contributed by atoms with Gasteiger partial charge in [-0.2, -0.15) is 4.31 Å². The third kappa shape index (κ3) is 5.02. The summed E-state index contributed by atoms with van der Waals surface area (Å²) >= 11 is 0. The zero-order chi connectivity index (χ0) is 15.9. The fourth-order valence-electron chi connectivity index (χ4n) is 1.81. The first kappa shape index (κ1) is 17.5. The number of rotatable bonds is 9. The van der Waals surface area contributed by atoms with Gasteiger partial charge in [-0.1, -0.05) is 13.8 Å². The highest BCUT2D eigenvalue weighted by atomic mass is 32.2. The van der Waals surface area contributed by atoms with E-state index in [0.717, 1.165) is 6.42 Å². The lowest BCUT2D eigenvalue weighted by Crippen LogP contribution is -2.31. The first-order chi connectivity index (χ1) is 9.91. The van der Waals surface area contributed by atoms with Gasteiger partial charge in [0.2, 0.25) is 10.0 Å². The SMILES string of the molecule is CCCN(CC)S(=O)(=O)c1ccc(OCCC(=O)O)cc1. The van der Waals surface area contributed by atoms with Crippen LogP contribution in [0.3, 0.4) is 0 Å². The molecule has 0 atom stereocenters. The van der Waals surface area contributed by atoms with Gasteiger partial charge in [0.15, 0.2) is 0 Å². The van der Waals surface area contributed by atoms with Crippen LogP contribution in [0.4, 0.5) is 0 Å². The van der Waals surface area contributed by atoms with Crippen LogP contribution in [0.2, 0.25) is 0 Å². The maximum Gasteiger partial charge on any atom is 0.306 e. The van der Waals surface area contributed by atoms with Gasteiger partial charge in [-0.25, -0.2) is 8.42 Å². The van der Waals surface area contributed by atoms with E-state index in [2.05, 4.69) is 0 Å². The molecule has 0 saturated carbocycles. The van der Waals surface area contributed by atoms with Crippen LogP contribution >= 0.6 is 0 Å². The molecule has 0 aliphatic rings. The summed E-state index contributed by atoms with van der Waals surface area (Å²) in [5.74, 6) is -0.485. The summed E-state index contributed by atoms with van der Waals surface area (Å²) in [6.45, 7) is 4.69. The Morgan fingerprint density at radius 2 is 1.86 bits per heavy atom. The number of carboxylic acid groups (broad SMARTS) is 1. The van der Waals surface area contributed by atoms with E-state index < -0.39 is 16.0 Å². The Kier molecular flexibility index (Phi) is 6.64. The summed E-state index contributed by atoms with van der Waals surface area (Å²) in [5, 5.41) is 8.52. The molecule has 21 heavy (non-hydrogen) atoms. The summed E-state index contributed by atoms with van der Waals surface area (Å²) in [4.78, 5) is 10.6. The fourth-order valence-corrected chi connectivity index (χ4v) is 3.35. The molecule has 0 heterocycles. The molecule has 0 radical (unpaired) electrons. The van der Waals surface area contributed by atoms with Crippen molar-refractivity contribution in [2.45, 2.75) is 31.6 Å². The highest BCUT2D eigenvalue weighted by molar-refractivity contribution is 7.89. The van der Waals surface area contributed by atoms with E-state index in [1.807, 2.05) is 6.92 Å². The van der Waals surface area contributed by atoms with Crippen molar-refractivity contribution >= 4 is 16.0 Å². The quantitative estimate of drug-likeness (QED) is 0.753. The molecule has 0 amide bonds. The third-order valence-corrected chi connectivity index (χ3v) is 4.86. The second-order valence-corrected chi connectivity index (χ2v) is 6.40. The maximum absolute atomic E-state index is 12.4. The third-order valence-electron chi connectivity index (χ3n) is 2.87. The molecular formula is C14H21NO5S. The molecule has 0 spiro atoms. The van der Waals surface area contributed by atoms with Crippen LogP contribution in [0.1, 0.15) is 26.7 Å². The van der Waals surface area contributed by atoms with Crippen molar-refractivity contribution in [2.75, 3.05) is 19.7 Å². The lowest BCUT2D eigenvalue weighted by molar-refractivity contribution is -0.137. The van der Waals surface area contributed by atoms with E-state index in [1.54, 1.807) is 6.92 Å². The molecule has 1 rings (SSSR count). The topological polar surface area (TPSA) is 83.9 Å². The van der Waals surface area contributed by atoms with Crippen LogP contribution in [0.15, 0.2) is 29.2 Å². The van der Waals surface area contributed by atoms with E-state index in [1.165, 1.54) is 28.6 Å². The second kappa shape index (κ2) is 7.99. The highest BCUT2D eigenvalue weighted by Gasteiger charge is 2.21. The van der Waals surface area contributed by atoms with E-state index in [4.69, 9.17) is 9.84 Å². The highest BCUT2D eigenvalue weighted by Crippen LogP contribution is 2.19. The van der Waals surface area contributed by atoms with Gasteiger partial charge in [-0.15, -0.1) is 0 Å². The fraction of sp³-hybridized carbons (Fsp3) is 0.500. The Morgan fingerprint density at radius 3 is 2.33 bits per heavy atom. The van der Waals surface area contributed by atoms with Crippen molar-refractivity contribution in [2.24, 2.45) is 0 Å². The van der Waals surface area contributed by atoms with Gasteiger partial charge in [0.1, 0.15) is 5.75 Å². The molecule has 0 unspecified atom stereocenters. The monoisotopic (exact) mass is 315 g/mol. The number of sulfonamides is 1. The number of carboxylic acids is 1. The number of nitrogens with zero attached hydrogens (tertiary/aromatic N) is 1. The van der Waals surface area contributed by atoms with Gasteiger partial charge in [0.05, 0.1) is 17.9 Å². The van der Waals surface area contributed by atoms with E-state index in [-0.39, 0.29) is 17.9 Å². The summed E-state index contributed by atoms with van der Waals surface area (Å²) in [6.07, 6.45) is 0.656. The number of ether oxygens (including phenoxy) is 1. The zero-order valence-corrected chi connectivity index (χ0v) is 13.1. The van der Waals surface area contributed by atoms with Crippen molar-refractivity contribution in [1.29, 1.82) is 0 Å². The summed E-state index contributed by atoms with van der Waals surface area (Å²) in [6, 6.07) is 6.02. The minimum atomic E-state index is -3.48. The molecule has 1 aromatic rings. The van der Waals surface area contributed by atoms with Crippen LogP contribution < -0.4 is 4.74 Å². The lowest BCUT2D eigenvalue weighted by atomic mass is 10.3. The maximum atomic E-state index is 12.4. The Hall–Kier alpha value is -1.60. The van der Waals surface area contributed by atoms with Gasteiger partial charge in [0, 0.05) is 13.1 Å². The van der Waals surface area contributed by atoms with Crippen LogP contribution in [-0.4, -0.2) is 43.5 Å². The average Bonchev–Trinajstić information content (AvgIpc) is 2.44. The smallest absolute Gasteiger partial charge is 0.306 e. The largest absolute Gasteiger partial charge is 0.493 e. The van der Waals surface area contributed by atoms with E-state index >= 15 is 0 Å². The van der Waals surface area contributed by atoms with Gasteiger partial charge < -0.3 is 9.84 Å². The molecule has 0 fully saturated rings. The van der Waals surface area contributed by atoms with Crippen molar-refractivity contribution < 1.29 is 23.1 Å². The molecule has 0 saturated heterocycles. The second-order valence-electron chi connectivity index (χ2n) is 4.46. The molecule has 0 aliphatic carbocycles. The van der Waals surface area contributed by atoms with E-state index in [0.29, 0.717) is 18.8 Å². The minimum Gasteiger partial charge on any atom is -0.493 e. The average molecular weight is 315 g/mol. The van der Waals surface area contributed by atoms with Crippen molar-refractivity contribution in [1.82, 2.24) is 4.31 Å². The molecular weight excluding hydrogens is 294 g/mol. The first-order valence-corrected chi connectivity index (χ1v) is 8.30. The Balaban J connectivity index is 2.78. The standard InChI is InChI=1S/C14H21NO5S/c1-3-10-15(4-2)21(18,19)13-7-5-12(6-8-13)20-11-9-14(16)17/h5-8H,3-4,9-11H2,1-2H3,(H,16,17). The number of hydrogen-bond acceptors (Lipinski definition) is 4. The van der Waals surface area contributed by atoms with Gasteiger partial charge in [0.25, 0.3) is 0 Å². The molecule has 0 aromatic heterocycles. The van der Waals surface area contributed by atoms with Crippen molar-refractivity contribution in [3.63, 3.8) is 0 Å². The molecule has 7 heteroatoms. The molecule has 118 valence electrons. The number of aliphatic carboxylic acids is 1. The molecule has 1 aromatic carbocycles. The first-order valence-electron chi connectivity index (χ1n) is 6.86. The number of carbonyl (C=O) groups is 1. The zero-order valence-electron chi connectivity index (χ0n) is 12.3. The Bertz CT molecular complexity index is 553. The van der Waals surface area contributed by atoms with Crippen molar-refractivity contribution in [3.8, 4) is 5.75 Å². The minimum absolute atomic E-state index is 0.0539. The van der Waals surface area contributed by atoms with Gasteiger partial charge >= 0.3 is 5.97 Å². The Morgan fingerprint density at radius 1 is 1.24 bits per heavy atom. The normalized spacial score (nSPS) is 11.6. The van der Waals surface area contributed by atoms with E-state index in [9.17, 15) is 13.2 Å². The van der Waals surface area contributed by atoms with Crippen LogP contribution in [0, 0.1) is 0 Å². The summed E-state index contributed by atoms with van der Waals surface area (Å²) in [5.41, 5.74) is 0. The predicted octanol–water partition coefficient (Wildman–Crippen LogP) is 1.96.